The van der Waals surface area contributed by atoms with Crippen molar-refractivity contribution in [3.63, 3.8) is 0 Å². The van der Waals surface area contributed by atoms with Gasteiger partial charge in [-0.05, 0) is 44.1 Å². The van der Waals surface area contributed by atoms with Crippen LogP contribution in [0.5, 0.6) is 0 Å². The maximum atomic E-state index is 3.56. The summed E-state index contributed by atoms with van der Waals surface area (Å²) in [6.07, 6.45) is 0. The second kappa shape index (κ2) is 7.03. The van der Waals surface area contributed by atoms with Crippen LogP contribution in [0.2, 0.25) is 0 Å². The second-order valence-electron chi connectivity index (χ2n) is 4.86. The Hall–Kier alpha value is -1.42. The maximum Gasteiger partial charge on any atom is 0.0327 e. The summed E-state index contributed by atoms with van der Waals surface area (Å²) in [5.41, 5.74) is 3.84. The Kier molecular flexibility index (Phi) is 4.86. The zero-order valence-electron chi connectivity index (χ0n) is 11.6. The average molecular weight is 358 g/mol. The molecule has 0 saturated heterocycles. The highest BCUT2D eigenvalue weighted by Crippen LogP contribution is 2.22. The fourth-order valence-electron chi connectivity index (χ4n) is 2.22. The van der Waals surface area contributed by atoms with E-state index in [1.165, 1.54) is 26.0 Å². The van der Waals surface area contributed by atoms with Crippen molar-refractivity contribution in [1.82, 2.24) is 5.32 Å². The minimum absolute atomic E-state index is 0.888. The molecule has 3 heteroatoms. The van der Waals surface area contributed by atoms with Gasteiger partial charge >= 0.3 is 0 Å². The topological polar surface area (TPSA) is 12.0 Å². The first kappa shape index (κ1) is 14.5. The van der Waals surface area contributed by atoms with Crippen LogP contribution in [-0.4, -0.2) is 0 Å². The first-order valence-electron chi connectivity index (χ1n) is 6.90. The van der Waals surface area contributed by atoms with E-state index in [0.717, 1.165) is 13.1 Å². The van der Waals surface area contributed by atoms with Gasteiger partial charge in [0, 0.05) is 22.4 Å². The van der Waals surface area contributed by atoms with E-state index in [2.05, 4.69) is 81.2 Å². The van der Waals surface area contributed by atoms with Gasteiger partial charge in [-0.1, -0.05) is 54.6 Å². The van der Waals surface area contributed by atoms with E-state index in [0.29, 0.717) is 0 Å². The summed E-state index contributed by atoms with van der Waals surface area (Å²) < 4.78 is 1.19. The molecule has 1 heterocycles. The van der Waals surface area contributed by atoms with Crippen LogP contribution in [0.3, 0.4) is 0 Å². The SMILES string of the molecule is Brc1ccsc1CNCc1ccc(-c2ccccc2)cc1. The van der Waals surface area contributed by atoms with Crippen molar-refractivity contribution < 1.29 is 0 Å². The highest BCUT2D eigenvalue weighted by Gasteiger charge is 2.01. The minimum Gasteiger partial charge on any atom is -0.308 e. The van der Waals surface area contributed by atoms with E-state index in [1.54, 1.807) is 11.3 Å². The van der Waals surface area contributed by atoms with Crippen LogP contribution in [-0.2, 0) is 13.1 Å². The van der Waals surface area contributed by atoms with Crippen molar-refractivity contribution in [1.29, 1.82) is 0 Å². The van der Waals surface area contributed by atoms with E-state index in [9.17, 15) is 0 Å². The lowest BCUT2D eigenvalue weighted by Gasteiger charge is -2.06. The molecule has 0 amide bonds. The van der Waals surface area contributed by atoms with Crippen LogP contribution >= 0.6 is 27.3 Å². The van der Waals surface area contributed by atoms with Gasteiger partial charge in [-0.15, -0.1) is 11.3 Å². The van der Waals surface area contributed by atoms with Crippen molar-refractivity contribution in [2.45, 2.75) is 13.1 Å². The van der Waals surface area contributed by atoms with Gasteiger partial charge in [-0.3, -0.25) is 0 Å². The third kappa shape index (κ3) is 3.82. The van der Waals surface area contributed by atoms with Crippen molar-refractivity contribution in [3.8, 4) is 11.1 Å². The van der Waals surface area contributed by atoms with Crippen molar-refractivity contribution in [2.24, 2.45) is 0 Å². The van der Waals surface area contributed by atoms with Gasteiger partial charge in [0.15, 0.2) is 0 Å². The molecule has 0 unspecified atom stereocenters. The van der Waals surface area contributed by atoms with Gasteiger partial charge in [0.2, 0.25) is 0 Å². The Morgan fingerprint density at radius 2 is 1.52 bits per heavy atom. The molecule has 0 aliphatic carbocycles. The maximum absolute atomic E-state index is 3.56. The number of benzene rings is 2. The zero-order chi connectivity index (χ0) is 14.5. The molecule has 1 aromatic heterocycles. The molecule has 3 rings (SSSR count). The monoisotopic (exact) mass is 357 g/mol. The molecule has 1 nitrogen and oxygen atoms in total. The molecule has 0 aliphatic rings. The third-order valence-corrected chi connectivity index (χ3v) is 5.29. The summed E-state index contributed by atoms with van der Waals surface area (Å²) in [6, 6.07) is 21.3. The lowest BCUT2D eigenvalue weighted by molar-refractivity contribution is 0.699. The molecule has 0 radical (unpaired) electrons. The second-order valence-corrected chi connectivity index (χ2v) is 6.71. The first-order chi connectivity index (χ1) is 10.3. The third-order valence-electron chi connectivity index (χ3n) is 3.37. The average Bonchev–Trinajstić information content (AvgIpc) is 2.94. The van der Waals surface area contributed by atoms with Crippen LogP contribution in [0, 0.1) is 0 Å². The normalized spacial score (nSPS) is 10.7. The number of hydrogen-bond donors (Lipinski definition) is 1. The summed E-state index contributed by atoms with van der Waals surface area (Å²) in [4.78, 5) is 1.34. The van der Waals surface area contributed by atoms with Crippen LogP contribution in [0.4, 0.5) is 0 Å². The van der Waals surface area contributed by atoms with E-state index < -0.39 is 0 Å². The quantitative estimate of drug-likeness (QED) is 0.638. The Morgan fingerprint density at radius 3 is 2.19 bits per heavy atom. The Morgan fingerprint density at radius 1 is 0.810 bits per heavy atom. The Labute approximate surface area is 137 Å². The van der Waals surface area contributed by atoms with E-state index in [1.807, 2.05) is 6.07 Å². The fourth-order valence-corrected chi connectivity index (χ4v) is 3.68. The Bertz CT molecular complexity index is 689. The molecule has 106 valence electrons. The Balaban J connectivity index is 1.59. The highest BCUT2D eigenvalue weighted by molar-refractivity contribution is 9.10. The predicted octanol–water partition coefficient (Wildman–Crippen LogP) is 5.47. The largest absolute Gasteiger partial charge is 0.308 e. The van der Waals surface area contributed by atoms with E-state index >= 15 is 0 Å². The molecular weight excluding hydrogens is 342 g/mol. The van der Waals surface area contributed by atoms with Crippen LogP contribution in [0.1, 0.15) is 10.4 Å². The predicted molar refractivity (Wildman–Crippen MR) is 94.4 cm³/mol. The molecule has 0 fully saturated rings. The molecule has 0 spiro atoms. The fraction of sp³-hybridized carbons (Fsp3) is 0.111. The number of rotatable bonds is 5. The van der Waals surface area contributed by atoms with Gasteiger partial charge in [0.05, 0.1) is 0 Å². The summed E-state index contributed by atoms with van der Waals surface area (Å²) in [6.45, 7) is 1.79. The van der Waals surface area contributed by atoms with E-state index in [-0.39, 0.29) is 0 Å². The van der Waals surface area contributed by atoms with Gasteiger partial charge < -0.3 is 5.32 Å². The summed E-state index contributed by atoms with van der Waals surface area (Å²) in [7, 11) is 0. The molecular formula is C18H16BrNS. The lowest BCUT2D eigenvalue weighted by Crippen LogP contribution is -2.11. The van der Waals surface area contributed by atoms with Crippen LogP contribution in [0.15, 0.2) is 70.5 Å². The van der Waals surface area contributed by atoms with Gasteiger partial charge in [0.25, 0.3) is 0 Å². The molecule has 0 saturated carbocycles. The van der Waals surface area contributed by atoms with Gasteiger partial charge in [-0.2, -0.15) is 0 Å². The van der Waals surface area contributed by atoms with Crippen LogP contribution in [0.25, 0.3) is 11.1 Å². The lowest BCUT2D eigenvalue weighted by atomic mass is 10.0. The number of hydrogen-bond acceptors (Lipinski definition) is 2. The molecule has 1 N–H and O–H groups in total. The number of thiophene rings is 1. The molecule has 0 atom stereocenters. The van der Waals surface area contributed by atoms with Crippen molar-refractivity contribution in [3.05, 3.63) is 81.0 Å². The summed E-state index contributed by atoms with van der Waals surface area (Å²) in [5, 5.41) is 5.59. The molecule has 21 heavy (non-hydrogen) atoms. The summed E-state index contributed by atoms with van der Waals surface area (Å²) >= 11 is 5.33. The molecule has 2 aromatic carbocycles. The minimum atomic E-state index is 0.888. The highest BCUT2D eigenvalue weighted by atomic mass is 79.9. The van der Waals surface area contributed by atoms with E-state index in [4.69, 9.17) is 0 Å². The molecule has 3 aromatic rings. The zero-order valence-corrected chi connectivity index (χ0v) is 14.0. The summed E-state index contributed by atoms with van der Waals surface area (Å²) in [5.74, 6) is 0. The molecule has 0 bridgehead atoms. The standard InChI is InChI=1S/C18H16BrNS/c19-17-10-11-21-18(17)13-20-12-14-6-8-16(9-7-14)15-4-2-1-3-5-15/h1-11,20H,12-13H2. The number of nitrogens with one attached hydrogen (secondary N) is 1. The number of halogens is 1. The first-order valence-corrected chi connectivity index (χ1v) is 8.57. The smallest absolute Gasteiger partial charge is 0.0327 e. The van der Waals surface area contributed by atoms with Crippen molar-refractivity contribution in [2.75, 3.05) is 0 Å². The van der Waals surface area contributed by atoms with Crippen LogP contribution < -0.4 is 5.32 Å². The molecule has 0 aliphatic heterocycles. The van der Waals surface area contributed by atoms with Gasteiger partial charge in [-0.25, -0.2) is 0 Å². The van der Waals surface area contributed by atoms with Gasteiger partial charge in [0.1, 0.15) is 0 Å². The van der Waals surface area contributed by atoms with Crippen molar-refractivity contribution >= 4 is 27.3 Å².